The summed E-state index contributed by atoms with van der Waals surface area (Å²) in [5.74, 6) is 1.45. The monoisotopic (exact) mass is 820 g/mol. The van der Waals surface area contributed by atoms with Crippen LogP contribution in [0.1, 0.15) is 103 Å². The van der Waals surface area contributed by atoms with Crippen molar-refractivity contribution in [2.75, 3.05) is 12.3 Å². The highest BCUT2D eigenvalue weighted by Crippen LogP contribution is 2.49. The molecule has 58 heavy (non-hydrogen) atoms. The first-order valence-electron chi connectivity index (χ1n) is 20.0. The number of nitrogen functional groups attached to an aromatic ring is 1. The number of carbonyl (C=O) groups is 2. The van der Waals surface area contributed by atoms with Crippen molar-refractivity contribution in [1.29, 1.82) is 0 Å². The Bertz CT molecular complexity index is 2030. The summed E-state index contributed by atoms with van der Waals surface area (Å²) in [6.45, 7) is 5.50. The molecule has 0 bridgehead atoms. The third-order valence-electron chi connectivity index (χ3n) is 9.82. The molecule has 0 saturated carbocycles. The lowest BCUT2D eigenvalue weighted by Crippen LogP contribution is -2.46. The zero-order valence-electron chi connectivity index (χ0n) is 33.4. The van der Waals surface area contributed by atoms with Gasteiger partial charge in [-0.15, -0.1) is 6.42 Å². The van der Waals surface area contributed by atoms with Crippen molar-refractivity contribution >= 4 is 36.7 Å². The first kappa shape index (κ1) is 44.2. The van der Waals surface area contributed by atoms with Crippen LogP contribution in [0.2, 0.25) is 0 Å². The third kappa shape index (κ3) is 11.9. The lowest BCUT2D eigenvalue weighted by molar-refractivity contribution is -0.158. The summed E-state index contributed by atoms with van der Waals surface area (Å²) in [6.07, 6.45) is 11.6. The van der Waals surface area contributed by atoms with Gasteiger partial charge in [0.15, 0.2) is 22.6 Å². The molecule has 2 aromatic carbocycles. The van der Waals surface area contributed by atoms with Gasteiger partial charge in [0.05, 0.1) is 6.33 Å². The Morgan fingerprint density at radius 3 is 2.40 bits per heavy atom. The molecule has 4 unspecified atom stereocenters. The SMILES string of the molecule is C#CC1(CO[P@@](=O)(NC(Cc2ccccc2)C(=O)OC(CCC)CCC)Oc2ccccc2)OC(n2cnc3c(N)nc(F)nc32)CC1OC(=O)CCCCCCC. The van der Waals surface area contributed by atoms with E-state index in [1.807, 2.05) is 44.2 Å². The fourth-order valence-electron chi connectivity index (χ4n) is 6.83. The van der Waals surface area contributed by atoms with Crippen LogP contribution in [0.5, 0.6) is 5.75 Å². The molecule has 14 nitrogen and oxygen atoms in total. The van der Waals surface area contributed by atoms with Crippen molar-refractivity contribution in [2.45, 2.75) is 128 Å². The smallest absolute Gasteiger partial charge is 0.459 e. The van der Waals surface area contributed by atoms with E-state index in [9.17, 15) is 14.0 Å². The van der Waals surface area contributed by atoms with Gasteiger partial charge in [-0.1, -0.05) is 114 Å². The molecule has 0 radical (unpaired) electrons. The summed E-state index contributed by atoms with van der Waals surface area (Å²) in [7, 11) is -4.56. The van der Waals surface area contributed by atoms with E-state index in [4.69, 9.17) is 35.4 Å². The van der Waals surface area contributed by atoms with E-state index >= 15 is 4.57 Å². The molecule has 2 aromatic heterocycles. The highest BCUT2D eigenvalue weighted by molar-refractivity contribution is 7.52. The molecular weight excluding hydrogens is 766 g/mol. The molecule has 4 aromatic rings. The zero-order chi connectivity index (χ0) is 41.5. The summed E-state index contributed by atoms with van der Waals surface area (Å²) in [5.41, 5.74) is 4.98. The zero-order valence-corrected chi connectivity index (χ0v) is 34.3. The normalized spacial score (nSPS) is 19.4. The Morgan fingerprint density at radius 1 is 1.03 bits per heavy atom. The van der Waals surface area contributed by atoms with Gasteiger partial charge in [0.25, 0.3) is 0 Å². The minimum absolute atomic E-state index is 0.0243. The molecule has 312 valence electrons. The number of ether oxygens (including phenoxy) is 3. The van der Waals surface area contributed by atoms with Crippen molar-refractivity contribution in [3.05, 3.63) is 78.6 Å². The number of terminal acetylenes is 1. The van der Waals surface area contributed by atoms with Crippen molar-refractivity contribution in [3.63, 3.8) is 0 Å². The molecule has 1 fully saturated rings. The summed E-state index contributed by atoms with van der Waals surface area (Å²) < 4.78 is 61.6. The summed E-state index contributed by atoms with van der Waals surface area (Å²) in [4.78, 5) is 39.0. The molecule has 3 N–H and O–H groups in total. The number of benzene rings is 2. The molecule has 0 amide bonds. The minimum Gasteiger partial charge on any atom is -0.461 e. The van der Waals surface area contributed by atoms with Crippen LogP contribution < -0.4 is 15.3 Å². The highest BCUT2D eigenvalue weighted by atomic mass is 31.2. The van der Waals surface area contributed by atoms with E-state index in [0.717, 1.165) is 44.1 Å². The number of para-hydroxylation sites is 1. The molecule has 1 saturated heterocycles. The molecule has 16 heteroatoms. The first-order chi connectivity index (χ1) is 28.0. The van der Waals surface area contributed by atoms with E-state index in [-0.39, 0.29) is 48.1 Å². The molecule has 5 atom stereocenters. The average Bonchev–Trinajstić information content (AvgIpc) is 3.79. The van der Waals surface area contributed by atoms with Gasteiger partial charge in [-0.25, -0.2) is 9.55 Å². The maximum atomic E-state index is 15.1. The number of hydrogen-bond acceptors (Lipinski definition) is 12. The number of unbranched alkanes of at least 4 members (excludes halogenated alkanes) is 4. The van der Waals surface area contributed by atoms with E-state index in [2.05, 4.69) is 32.9 Å². The van der Waals surface area contributed by atoms with Gasteiger partial charge in [-0.2, -0.15) is 19.4 Å². The fourth-order valence-corrected chi connectivity index (χ4v) is 8.35. The topological polar surface area (TPSA) is 179 Å². The second-order valence-corrected chi connectivity index (χ2v) is 16.1. The van der Waals surface area contributed by atoms with Crippen LogP contribution in [0, 0.1) is 18.4 Å². The van der Waals surface area contributed by atoms with Crippen molar-refractivity contribution in [1.82, 2.24) is 24.6 Å². The van der Waals surface area contributed by atoms with Crippen LogP contribution in [-0.4, -0.2) is 61.9 Å². The van der Waals surface area contributed by atoms with Crippen LogP contribution >= 0.6 is 7.75 Å². The van der Waals surface area contributed by atoms with Gasteiger partial charge in [0.2, 0.25) is 0 Å². The van der Waals surface area contributed by atoms with Crippen LogP contribution in [0.4, 0.5) is 10.2 Å². The van der Waals surface area contributed by atoms with Gasteiger partial charge in [-0.3, -0.25) is 18.7 Å². The number of carbonyl (C=O) groups excluding carboxylic acids is 2. The molecular formula is C42H54FN6O8P. The number of hydrogen-bond donors (Lipinski definition) is 2. The van der Waals surface area contributed by atoms with E-state index in [1.165, 1.54) is 10.9 Å². The predicted molar refractivity (Wildman–Crippen MR) is 217 cm³/mol. The lowest BCUT2D eigenvalue weighted by atomic mass is 9.98. The number of nitrogens with two attached hydrogens (primary N) is 1. The van der Waals surface area contributed by atoms with Gasteiger partial charge in [-0.05, 0) is 43.4 Å². The predicted octanol–water partition coefficient (Wildman–Crippen LogP) is 8.03. The van der Waals surface area contributed by atoms with Gasteiger partial charge < -0.3 is 24.5 Å². The van der Waals surface area contributed by atoms with Crippen molar-refractivity contribution in [3.8, 4) is 18.1 Å². The average molecular weight is 821 g/mol. The molecule has 1 aliphatic heterocycles. The Balaban J connectivity index is 1.47. The van der Waals surface area contributed by atoms with Crippen molar-refractivity contribution < 1.29 is 41.8 Å². The van der Waals surface area contributed by atoms with Crippen LogP contribution in [0.15, 0.2) is 67.0 Å². The highest BCUT2D eigenvalue weighted by Gasteiger charge is 2.53. The van der Waals surface area contributed by atoms with Crippen molar-refractivity contribution in [2.24, 2.45) is 0 Å². The van der Waals surface area contributed by atoms with E-state index in [0.29, 0.717) is 19.3 Å². The maximum Gasteiger partial charge on any atom is 0.459 e. The summed E-state index contributed by atoms with van der Waals surface area (Å²) in [5, 5.41) is 2.87. The Labute approximate surface area is 339 Å². The summed E-state index contributed by atoms with van der Waals surface area (Å²) >= 11 is 0. The lowest BCUT2D eigenvalue weighted by Gasteiger charge is -2.31. The number of fused-ring (bicyclic) bond motifs is 1. The molecule has 1 aliphatic rings. The number of rotatable bonds is 23. The fraction of sp³-hybridized carbons (Fsp3) is 0.500. The number of nitrogens with one attached hydrogen (secondary N) is 1. The first-order valence-corrected chi connectivity index (χ1v) is 21.6. The Morgan fingerprint density at radius 2 is 1.72 bits per heavy atom. The van der Waals surface area contributed by atoms with Crippen LogP contribution in [0.25, 0.3) is 11.2 Å². The van der Waals surface area contributed by atoms with Crippen LogP contribution in [-0.2, 0) is 39.3 Å². The second-order valence-electron chi connectivity index (χ2n) is 14.4. The van der Waals surface area contributed by atoms with Crippen LogP contribution in [0.3, 0.4) is 0 Å². The second kappa shape index (κ2) is 21.2. The Kier molecular flexibility index (Phi) is 16.2. The number of aromatic nitrogens is 4. The number of anilines is 1. The molecule has 3 heterocycles. The van der Waals surface area contributed by atoms with E-state index < -0.39 is 56.3 Å². The largest absolute Gasteiger partial charge is 0.461 e. The number of imidazole rings is 1. The summed E-state index contributed by atoms with van der Waals surface area (Å²) in [6, 6.07) is 16.3. The molecule has 0 aliphatic carbocycles. The third-order valence-corrected chi connectivity index (χ3v) is 11.4. The molecule has 0 spiro atoms. The van der Waals surface area contributed by atoms with Gasteiger partial charge in [0.1, 0.15) is 36.8 Å². The maximum absolute atomic E-state index is 15.1. The van der Waals surface area contributed by atoms with Gasteiger partial charge in [0, 0.05) is 12.8 Å². The van der Waals surface area contributed by atoms with Gasteiger partial charge >= 0.3 is 25.8 Å². The Hall–Kier alpha value is -4.87. The van der Waals surface area contributed by atoms with E-state index in [1.54, 1.807) is 30.3 Å². The number of nitrogens with zero attached hydrogens (tertiary/aromatic N) is 4. The number of halogens is 1. The minimum atomic E-state index is -4.56. The molecule has 5 rings (SSSR count). The quantitative estimate of drug-likeness (QED) is 0.0242. The number of esters is 2. The standard InChI is InChI=1S/C42H54FN6O8P/c1-5-9-10-11-18-25-36(50)55-34-27-35(49-29-45-37-38(44)46-41(43)47-39(37)49)56-42(34,8-4)28-53-58(52,57-32-23-16-13-17-24-32)48-33(26-30-21-14-12-15-22-30)40(51)54-31(19-6-2)20-7-3/h4,12-17,21-24,29,31,33-35H,5-7,9-11,18-20,25-28H2,1-3H3,(H,48,52)(H2,44,46,47)/t33?,34?,35?,42?,58-/m0/s1.